The third kappa shape index (κ3) is 5.26. The molecule has 90 valence electrons. The molecule has 0 heterocycles. The van der Waals surface area contributed by atoms with E-state index in [0.717, 1.165) is 17.6 Å². The molecule has 0 N–H and O–H groups in total. The first kappa shape index (κ1) is 14.6. The molecule has 0 bridgehead atoms. The molecule has 0 fully saturated rings. The predicted molar refractivity (Wildman–Crippen MR) is 63.1 cm³/mol. The highest BCUT2D eigenvalue weighted by Crippen LogP contribution is 2.20. The van der Waals surface area contributed by atoms with Crippen molar-refractivity contribution in [2.24, 2.45) is 11.8 Å². The van der Waals surface area contributed by atoms with Gasteiger partial charge in [-0.25, -0.2) is 0 Å². The molecule has 0 radical (unpaired) electrons. The van der Waals surface area contributed by atoms with Crippen molar-refractivity contribution in [3.63, 3.8) is 0 Å². The standard InChI is InChI=1S/C12H26NO2/c1-6-8-13(14)9-12(15-5)11(4)10(3)7-2/h10-12H,6-9H2,1-5H3/q+1. The maximum absolute atomic E-state index is 11.5. The summed E-state index contributed by atoms with van der Waals surface area (Å²) in [5.41, 5.74) is 0. The van der Waals surface area contributed by atoms with Crippen molar-refractivity contribution in [1.29, 1.82) is 0 Å². The van der Waals surface area contributed by atoms with Gasteiger partial charge in [0, 0.05) is 23.2 Å². The smallest absolute Gasteiger partial charge is 0.218 e. The molecule has 0 saturated carbocycles. The molecule has 3 atom stereocenters. The average Bonchev–Trinajstić information content (AvgIpc) is 2.24. The molecule has 0 aliphatic rings. The predicted octanol–water partition coefficient (Wildman–Crippen LogP) is 2.87. The first-order valence-corrected chi connectivity index (χ1v) is 6.01. The SMILES string of the molecule is CCC[N+](=O)CC(OC)C(C)C(C)CC. The molecular weight excluding hydrogens is 190 g/mol. The minimum absolute atomic E-state index is 0.0593. The molecule has 3 heteroatoms. The van der Waals surface area contributed by atoms with E-state index in [2.05, 4.69) is 20.8 Å². The number of nitroso groups, excluding NO2 is 1. The molecule has 0 aromatic rings. The average molecular weight is 216 g/mol. The van der Waals surface area contributed by atoms with Crippen molar-refractivity contribution in [2.75, 3.05) is 20.2 Å². The number of hydrogen-bond acceptors (Lipinski definition) is 2. The van der Waals surface area contributed by atoms with Crippen molar-refractivity contribution in [3.05, 3.63) is 4.91 Å². The molecule has 0 aromatic carbocycles. The molecule has 0 aliphatic carbocycles. The lowest BCUT2D eigenvalue weighted by molar-refractivity contribution is -0.558. The highest BCUT2D eigenvalue weighted by molar-refractivity contribution is 4.69. The van der Waals surface area contributed by atoms with E-state index >= 15 is 0 Å². The Balaban J connectivity index is 4.17. The molecule has 15 heavy (non-hydrogen) atoms. The lowest BCUT2D eigenvalue weighted by Crippen LogP contribution is -2.34. The summed E-state index contributed by atoms with van der Waals surface area (Å²) in [4.78, 5) is 11.5. The minimum Gasteiger partial charge on any atom is -0.374 e. The van der Waals surface area contributed by atoms with Gasteiger partial charge in [-0.05, 0) is 11.8 Å². The fourth-order valence-corrected chi connectivity index (χ4v) is 1.74. The highest BCUT2D eigenvalue weighted by Gasteiger charge is 2.27. The molecule has 3 nitrogen and oxygen atoms in total. The first-order valence-electron chi connectivity index (χ1n) is 6.01. The first-order chi connectivity index (χ1) is 7.06. The maximum Gasteiger partial charge on any atom is 0.218 e. The Morgan fingerprint density at radius 3 is 2.27 bits per heavy atom. The quantitative estimate of drug-likeness (QED) is 0.584. The zero-order valence-corrected chi connectivity index (χ0v) is 10.8. The second-order valence-electron chi connectivity index (χ2n) is 4.41. The Hall–Kier alpha value is -0.440. The summed E-state index contributed by atoms with van der Waals surface area (Å²) in [6.45, 7) is 9.68. The van der Waals surface area contributed by atoms with Crippen molar-refractivity contribution >= 4 is 0 Å². The minimum atomic E-state index is 0.0593. The molecule has 0 aromatic heterocycles. The van der Waals surface area contributed by atoms with Crippen LogP contribution < -0.4 is 0 Å². The van der Waals surface area contributed by atoms with Crippen LogP contribution in [0.2, 0.25) is 0 Å². The maximum atomic E-state index is 11.5. The van der Waals surface area contributed by atoms with Crippen LogP contribution in [0.25, 0.3) is 0 Å². The Kier molecular flexibility index (Phi) is 7.57. The van der Waals surface area contributed by atoms with E-state index in [1.54, 1.807) is 7.11 Å². The van der Waals surface area contributed by atoms with Gasteiger partial charge in [-0.3, -0.25) is 0 Å². The third-order valence-electron chi connectivity index (χ3n) is 3.29. The zero-order valence-electron chi connectivity index (χ0n) is 10.8. The van der Waals surface area contributed by atoms with Gasteiger partial charge in [-0.15, -0.1) is 0 Å². The van der Waals surface area contributed by atoms with Gasteiger partial charge in [0.05, 0.1) is 0 Å². The van der Waals surface area contributed by atoms with Gasteiger partial charge in [0.1, 0.15) is 6.10 Å². The highest BCUT2D eigenvalue weighted by atomic mass is 16.5. The zero-order chi connectivity index (χ0) is 11.8. The van der Waals surface area contributed by atoms with Crippen LogP contribution in [0.5, 0.6) is 0 Å². The van der Waals surface area contributed by atoms with Gasteiger partial charge >= 0.3 is 0 Å². The van der Waals surface area contributed by atoms with Gasteiger partial charge in [0.15, 0.2) is 6.54 Å². The van der Waals surface area contributed by atoms with Crippen LogP contribution in [0.3, 0.4) is 0 Å². The van der Waals surface area contributed by atoms with Crippen LogP contribution in [0.4, 0.5) is 0 Å². The van der Waals surface area contributed by atoms with Crippen LogP contribution in [0.1, 0.15) is 40.5 Å². The molecule has 3 unspecified atom stereocenters. The fraction of sp³-hybridized carbons (Fsp3) is 1.00. The van der Waals surface area contributed by atoms with Crippen LogP contribution >= 0.6 is 0 Å². The summed E-state index contributed by atoms with van der Waals surface area (Å²) < 4.78 is 6.53. The second kappa shape index (κ2) is 7.80. The number of rotatable bonds is 8. The van der Waals surface area contributed by atoms with Crippen LogP contribution in [0, 0.1) is 16.7 Å². The summed E-state index contributed by atoms with van der Waals surface area (Å²) in [6, 6.07) is 0. The summed E-state index contributed by atoms with van der Waals surface area (Å²) in [5.74, 6) is 1.04. The van der Waals surface area contributed by atoms with Crippen LogP contribution in [-0.4, -0.2) is 31.1 Å². The van der Waals surface area contributed by atoms with Crippen molar-refractivity contribution in [3.8, 4) is 0 Å². The summed E-state index contributed by atoms with van der Waals surface area (Å²) in [5, 5.41) is 0. The molecule has 0 amide bonds. The van der Waals surface area contributed by atoms with E-state index in [1.165, 1.54) is 0 Å². The van der Waals surface area contributed by atoms with E-state index < -0.39 is 0 Å². The second-order valence-corrected chi connectivity index (χ2v) is 4.41. The van der Waals surface area contributed by atoms with Crippen LogP contribution in [-0.2, 0) is 4.74 Å². The van der Waals surface area contributed by atoms with Crippen molar-refractivity contribution in [1.82, 2.24) is 0 Å². The van der Waals surface area contributed by atoms with Crippen molar-refractivity contribution in [2.45, 2.75) is 46.6 Å². The van der Waals surface area contributed by atoms with E-state index in [4.69, 9.17) is 4.74 Å². The molecule has 0 rings (SSSR count). The Morgan fingerprint density at radius 1 is 1.27 bits per heavy atom. The monoisotopic (exact) mass is 216 g/mol. The summed E-state index contributed by atoms with van der Waals surface area (Å²) in [6.07, 6.45) is 2.09. The fourth-order valence-electron chi connectivity index (χ4n) is 1.74. The summed E-state index contributed by atoms with van der Waals surface area (Å²) >= 11 is 0. The number of nitrogens with zero attached hydrogens (tertiary/aromatic N) is 1. The molecular formula is C12H26NO2+. The lowest BCUT2D eigenvalue weighted by Gasteiger charge is -2.24. The van der Waals surface area contributed by atoms with E-state index in [1.807, 2.05) is 6.92 Å². The van der Waals surface area contributed by atoms with E-state index in [9.17, 15) is 4.91 Å². The Bertz CT molecular complexity index is 182. The molecule has 0 aliphatic heterocycles. The van der Waals surface area contributed by atoms with E-state index in [-0.39, 0.29) is 6.10 Å². The third-order valence-corrected chi connectivity index (χ3v) is 3.29. The van der Waals surface area contributed by atoms with Gasteiger partial charge in [0.2, 0.25) is 6.54 Å². The van der Waals surface area contributed by atoms with Gasteiger partial charge in [-0.2, -0.15) is 0 Å². The Morgan fingerprint density at radius 2 is 1.87 bits per heavy atom. The lowest BCUT2D eigenvalue weighted by atomic mass is 9.88. The van der Waals surface area contributed by atoms with Gasteiger partial charge < -0.3 is 4.74 Å². The summed E-state index contributed by atoms with van der Waals surface area (Å²) in [7, 11) is 1.70. The molecule has 0 spiro atoms. The number of methoxy groups -OCH3 is 1. The number of ether oxygens (including phenoxy) is 1. The van der Waals surface area contributed by atoms with E-state index in [0.29, 0.717) is 24.9 Å². The molecule has 0 saturated heterocycles. The topological polar surface area (TPSA) is 29.3 Å². The van der Waals surface area contributed by atoms with Crippen molar-refractivity contribution < 1.29 is 9.50 Å². The largest absolute Gasteiger partial charge is 0.374 e. The normalized spacial score (nSPS) is 17.1. The van der Waals surface area contributed by atoms with Crippen LogP contribution in [0.15, 0.2) is 0 Å². The number of hydrogen-bond donors (Lipinski definition) is 0. The Labute approximate surface area is 93.8 Å². The van der Waals surface area contributed by atoms with Gasteiger partial charge in [-0.1, -0.05) is 34.1 Å². The van der Waals surface area contributed by atoms with Gasteiger partial charge in [0.25, 0.3) is 0 Å².